The second-order valence-corrected chi connectivity index (χ2v) is 4.69. The van der Waals surface area contributed by atoms with Crippen molar-refractivity contribution in [1.29, 1.82) is 0 Å². The monoisotopic (exact) mass is 212 g/mol. The summed E-state index contributed by atoms with van der Waals surface area (Å²) in [5, 5.41) is 7.79. The molecule has 0 spiro atoms. The Balaban J connectivity index is 2.44. The highest BCUT2D eigenvalue weighted by atomic mass is 35.5. The number of fused-ring (bicyclic) bond motifs is 1. The predicted molar refractivity (Wildman–Crippen MR) is 57.8 cm³/mol. The van der Waals surface area contributed by atoms with Gasteiger partial charge in [0.1, 0.15) is 5.82 Å². The first-order valence-corrected chi connectivity index (χ1v) is 4.90. The molecule has 0 aromatic carbocycles. The van der Waals surface area contributed by atoms with Crippen molar-refractivity contribution in [2.75, 3.05) is 5.32 Å². The normalized spacial score (nSPS) is 15.9. The van der Waals surface area contributed by atoms with Crippen molar-refractivity contribution in [1.82, 2.24) is 9.78 Å². The van der Waals surface area contributed by atoms with Crippen LogP contribution in [0.4, 0.5) is 5.82 Å². The fourth-order valence-electron chi connectivity index (χ4n) is 1.43. The minimum Gasteiger partial charge on any atom is -0.315 e. The van der Waals surface area contributed by atoms with E-state index in [2.05, 4.69) is 36.2 Å². The van der Waals surface area contributed by atoms with Gasteiger partial charge in [0.2, 0.25) is 0 Å². The Labute approximate surface area is 88.0 Å². The van der Waals surface area contributed by atoms with Crippen LogP contribution in [0.25, 0.3) is 0 Å². The number of aromatic nitrogens is 2. The molecule has 0 atom stereocenters. The smallest absolute Gasteiger partial charge is 0.197 e. The fraction of sp³-hybridized carbons (Fsp3) is 0.556. The molecule has 0 unspecified atom stereocenters. The number of hydrogen-bond acceptors (Lipinski definition) is 3. The molecule has 0 saturated heterocycles. The van der Waals surface area contributed by atoms with Crippen LogP contribution in [-0.2, 0) is 12.1 Å². The van der Waals surface area contributed by atoms with Gasteiger partial charge in [-0.1, -0.05) is 0 Å². The molecular formula is C9H13ClN4. The van der Waals surface area contributed by atoms with E-state index in [1.165, 1.54) is 0 Å². The second-order valence-electron chi connectivity index (χ2n) is 4.33. The predicted octanol–water partition coefficient (Wildman–Crippen LogP) is 2.16. The molecule has 1 aromatic heterocycles. The average molecular weight is 213 g/mol. The highest BCUT2D eigenvalue weighted by Gasteiger charge is 2.23. The quantitative estimate of drug-likeness (QED) is 0.670. The van der Waals surface area contributed by atoms with Gasteiger partial charge in [-0.15, -0.1) is 0 Å². The third kappa shape index (κ3) is 1.50. The lowest BCUT2D eigenvalue weighted by Crippen LogP contribution is -2.27. The molecule has 14 heavy (non-hydrogen) atoms. The van der Waals surface area contributed by atoms with E-state index in [9.17, 15) is 0 Å². The average Bonchev–Trinajstić information content (AvgIpc) is 2.45. The molecule has 1 aliphatic rings. The van der Waals surface area contributed by atoms with Crippen molar-refractivity contribution in [3.63, 3.8) is 0 Å². The standard InChI is InChI=1S/C9H13ClN4/c1-9(2,3)14-7-6(5-12-14)4-11-8(10)13-7/h5H,4H2,1-3H3,(H,11,13). The van der Waals surface area contributed by atoms with Gasteiger partial charge in [-0.3, -0.25) is 4.99 Å². The molecule has 76 valence electrons. The van der Waals surface area contributed by atoms with Crippen molar-refractivity contribution in [2.45, 2.75) is 32.9 Å². The molecule has 5 heteroatoms. The van der Waals surface area contributed by atoms with Gasteiger partial charge in [0.05, 0.1) is 18.3 Å². The van der Waals surface area contributed by atoms with Gasteiger partial charge in [-0.05, 0) is 32.4 Å². The zero-order chi connectivity index (χ0) is 10.3. The Hall–Kier alpha value is -1.03. The Morgan fingerprint density at radius 1 is 1.50 bits per heavy atom. The second kappa shape index (κ2) is 2.98. The van der Waals surface area contributed by atoms with Crippen molar-refractivity contribution in [3.05, 3.63) is 11.8 Å². The minimum atomic E-state index is -0.0465. The molecule has 0 radical (unpaired) electrons. The van der Waals surface area contributed by atoms with Crippen LogP contribution in [0.5, 0.6) is 0 Å². The van der Waals surface area contributed by atoms with E-state index in [0.717, 1.165) is 11.4 Å². The van der Waals surface area contributed by atoms with Crippen molar-refractivity contribution in [3.8, 4) is 0 Å². The molecular weight excluding hydrogens is 200 g/mol. The van der Waals surface area contributed by atoms with Gasteiger partial charge in [0.15, 0.2) is 5.29 Å². The summed E-state index contributed by atoms with van der Waals surface area (Å²) in [4.78, 5) is 4.08. The number of nitrogens with zero attached hydrogens (tertiary/aromatic N) is 3. The number of anilines is 1. The van der Waals surface area contributed by atoms with Crippen molar-refractivity contribution >= 4 is 22.7 Å². The molecule has 1 N–H and O–H groups in total. The van der Waals surface area contributed by atoms with Crippen LogP contribution in [-0.4, -0.2) is 15.1 Å². The molecule has 0 amide bonds. The zero-order valence-electron chi connectivity index (χ0n) is 8.50. The first kappa shape index (κ1) is 9.52. The van der Waals surface area contributed by atoms with Crippen LogP contribution in [0.2, 0.25) is 0 Å². The zero-order valence-corrected chi connectivity index (χ0v) is 9.26. The Morgan fingerprint density at radius 3 is 2.86 bits per heavy atom. The van der Waals surface area contributed by atoms with E-state index in [0.29, 0.717) is 11.8 Å². The van der Waals surface area contributed by atoms with E-state index in [1.54, 1.807) is 0 Å². The maximum absolute atomic E-state index is 5.82. The first-order valence-electron chi connectivity index (χ1n) is 4.53. The maximum atomic E-state index is 5.82. The molecule has 1 aromatic rings. The molecule has 0 bridgehead atoms. The van der Waals surface area contributed by atoms with Gasteiger partial charge in [-0.25, -0.2) is 4.68 Å². The molecule has 4 nitrogen and oxygen atoms in total. The van der Waals surface area contributed by atoms with Crippen LogP contribution in [0.3, 0.4) is 0 Å². The fourth-order valence-corrected chi connectivity index (χ4v) is 1.58. The molecule has 0 fully saturated rings. The van der Waals surface area contributed by atoms with E-state index in [1.807, 2.05) is 10.9 Å². The number of nitrogens with one attached hydrogen (secondary N) is 1. The molecule has 0 saturated carbocycles. The largest absolute Gasteiger partial charge is 0.315 e. The van der Waals surface area contributed by atoms with Crippen LogP contribution in [0, 0.1) is 0 Å². The van der Waals surface area contributed by atoms with Crippen LogP contribution < -0.4 is 5.32 Å². The lowest BCUT2D eigenvalue weighted by Gasteiger charge is -2.24. The maximum Gasteiger partial charge on any atom is 0.197 e. The summed E-state index contributed by atoms with van der Waals surface area (Å²) in [7, 11) is 0. The summed E-state index contributed by atoms with van der Waals surface area (Å²) in [6.45, 7) is 6.90. The SMILES string of the molecule is CC(C)(C)n1ncc2c1NC(Cl)=NC2. The number of amidine groups is 1. The van der Waals surface area contributed by atoms with Crippen LogP contribution in [0.15, 0.2) is 11.2 Å². The molecule has 2 heterocycles. The van der Waals surface area contributed by atoms with Crippen molar-refractivity contribution < 1.29 is 0 Å². The van der Waals surface area contributed by atoms with E-state index >= 15 is 0 Å². The Morgan fingerprint density at radius 2 is 2.21 bits per heavy atom. The van der Waals surface area contributed by atoms with Gasteiger partial charge < -0.3 is 5.32 Å². The van der Waals surface area contributed by atoms with Gasteiger partial charge in [-0.2, -0.15) is 5.10 Å². The number of aliphatic imine (C=N–C) groups is 1. The molecule has 0 aliphatic carbocycles. The van der Waals surface area contributed by atoms with Gasteiger partial charge in [0.25, 0.3) is 0 Å². The summed E-state index contributed by atoms with van der Waals surface area (Å²) in [5.74, 6) is 0.956. The van der Waals surface area contributed by atoms with E-state index in [-0.39, 0.29) is 5.54 Å². The lowest BCUT2D eigenvalue weighted by atomic mass is 10.1. The van der Waals surface area contributed by atoms with Gasteiger partial charge >= 0.3 is 0 Å². The molecule has 1 aliphatic heterocycles. The minimum absolute atomic E-state index is 0.0465. The summed E-state index contributed by atoms with van der Waals surface area (Å²) < 4.78 is 1.93. The number of rotatable bonds is 0. The van der Waals surface area contributed by atoms with E-state index < -0.39 is 0 Å². The highest BCUT2D eigenvalue weighted by molar-refractivity contribution is 6.67. The topological polar surface area (TPSA) is 42.2 Å². The first-order chi connectivity index (χ1) is 6.48. The third-order valence-electron chi connectivity index (χ3n) is 2.09. The Kier molecular flexibility index (Phi) is 2.03. The third-order valence-corrected chi connectivity index (χ3v) is 2.30. The summed E-state index contributed by atoms with van der Waals surface area (Å²) in [6, 6.07) is 0. The van der Waals surface area contributed by atoms with Crippen LogP contribution >= 0.6 is 11.6 Å². The van der Waals surface area contributed by atoms with Crippen LogP contribution in [0.1, 0.15) is 26.3 Å². The molecule has 2 rings (SSSR count). The lowest BCUT2D eigenvalue weighted by molar-refractivity contribution is 0.361. The summed E-state index contributed by atoms with van der Waals surface area (Å²) in [5.41, 5.74) is 1.04. The van der Waals surface area contributed by atoms with Crippen molar-refractivity contribution in [2.24, 2.45) is 4.99 Å². The van der Waals surface area contributed by atoms with E-state index in [4.69, 9.17) is 11.6 Å². The number of halogens is 1. The summed E-state index contributed by atoms with van der Waals surface area (Å²) in [6.07, 6.45) is 1.83. The number of hydrogen-bond donors (Lipinski definition) is 1. The Bertz CT molecular complexity index is 386. The summed E-state index contributed by atoms with van der Waals surface area (Å²) >= 11 is 5.82. The van der Waals surface area contributed by atoms with Gasteiger partial charge in [0, 0.05) is 5.56 Å². The highest BCUT2D eigenvalue weighted by Crippen LogP contribution is 2.26.